The van der Waals surface area contributed by atoms with E-state index >= 15 is 0 Å². The van der Waals surface area contributed by atoms with E-state index in [9.17, 15) is 0 Å². The molecule has 1 fully saturated rings. The smallest absolute Gasteiger partial charge is 0.168 e. The van der Waals surface area contributed by atoms with Crippen molar-refractivity contribution in [2.24, 2.45) is 0 Å². The van der Waals surface area contributed by atoms with Gasteiger partial charge in [0.1, 0.15) is 11.6 Å². The zero-order valence-electron chi connectivity index (χ0n) is 15.7. The van der Waals surface area contributed by atoms with Crippen molar-refractivity contribution in [2.45, 2.75) is 31.8 Å². The topological polar surface area (TPSA) is 56.4 Å². The molecule has 1 aliphatic rings. The number of para-hydroxylation sites is 1. The predicted molar refractivity (Wildman–Crippen MR) is 107 cm³/mol. The molecule has 4 rings (SSSR count). The monoisotopic (exact) mass is 364 g/mol. The molecule has 1 aliphatic carbocycles. The molecule has 5 nitrogen and oxygen atoms in total. The number of benzene rings is 2. The highest BCUT2D eigenvalue weighted by Gasteiger charge is 2.19. The van der Waals surface area contributed by atoms with E-state index in [-0.39, 0.29) is 6.10 Å². The van der Waals surface area contributed by atoms with Gasteiger partial charge in [-0.2, -0.15) is 0 Å². The molecule has 1 saturated carbocycles. The first-order chi connectivity index (χ1) is 13.3. The second-order valence-electron chi connectivity index (χ2n) is 6.74. The second kappa shape index (κ2) is 7.74. The maximum absolute atomic E-state index is 6.28. The van der Waals surface area contributed by atoms with Gasteiger partial charge in [-0.05, 0) is 56.0 Å². The Labute approximate surface area is 159 Å². The molecule has 5 heteroatoms. The highest BCUT2D eigenvalue weighted by molar-refractivity contribution is 5.80. The summed E-state index contributed by atoms with van der Waals surface area (Å²) in [6.07, 6.45) is 8.91. The van der Waals surface area contributed by atoms with Crippen LogP contribution >= 0.6 is 0 Å². The summed E-state index contributed by atoms with van der Waals surface area (Å²) >= 11 is 0. The van der Waals surface area contributed by atoms with Crippen molar-refractivity contribution >= 4 is 23.2 Å². The number of imidazole rings is 1. The first-order valence-corrected chi connectivity index (χ1v) is 9.32. The Kier molecular flexibility index (Phi) is 5.01. The molecule has 2 aromatic carbocycles. The molecule has 0 unspecified atom stereocenters. The van der Waals surface area contributed by atoms with Gasteiger partial charge in [0.25, 0.3) is 0 Å². The largest absolute Gasteiger partial charge is 0.497 e. The van der Waals surface area contributed by atoms with E-state index in [0.717, 1.165) is 52.5 Å². The number of aromatic amines is 1. The van der Waals surface area contributed by atoms with Gasteiger partial charge < -0.3 is 19.2 Å². The van der Waals surface area contributed by atoms with Crippen LogP contribution in [0.4, 0.5) is 0 Å². The molecule has 0 spiro atoms. The van der Waals surface area contributed by atoms with Crippen LogP contribution in [0.15, 0.2) is 36.4 Å². The van der Waals surface area contributed by atoms with Crippen molar-refractivity contribution in [3.05, 3.63) is 47.8 Å². The Morgan fingerprint density at radius 3 is 2.67 bits per heavy atom. The summed E-state index contributed by atoms with van der Waals surface area (Å²) < 4.78 is 17.1. The van der Waals surface area contributed by atoms with Crippen molar-refractivity contribution < 1.29 is 14.2 Å². The lowest BCUT2D eigenvalue weighted by molar-refractivity contribution is 0.200. The SMILES string of the molecule is COc1ccc2nc(/C=C/c3cccc(OC)c3OC3CCCC3)[nH]c2c1. The molecule has 140 valence electrons. The van der Waals surface area contributed by atoms with Crippen LogP contribution in [0, 0.1) is 0 Å². The fraction of sp³-hybridized carbons (Fsp3) is 0.318. The molecule has 1 heterocycles. The van der Waals surface area contributed by atoms with E-state index in [4.69, 9.17) is 14.2 Å². The van der Waals surface area contributed by atoms with Gasteiger partial charge in [0.05, 0.1) is 31.4 Å². The molecule has 0 aliphatic heterocycles. The molecule has 0 saturated heterocycles. The normalized spacial score (nSPS) is 14.9. The number of hydrogen-bond donors (Lipinski definition) is 1. The quantitative estimate of drug-likeness (QED) is 0.663. The molecule has 0 atom stereocenters. The Hall–Kier alpha value is -2.95. The van der Waals surface area contributed by atoms with Gasteiger partial charge in [0.15, 0.2) is 11.5 Å². The lowest BCUT2D eigenvalue weighted by Crippen LogP contribution is -2.12. The average molecular weight is 364 g/mol. The summed E-state index contributed by atoms with van der Waals surface area (Å²) in [5, 5.41) is 0. The first kappa shape index (κ1) is 17.5. The van der Waals surface area contributed by atoms with Crippen molar-refractivity contribution in [1.29, 1.82) is 0 Å². The van der Waals surface area contributed by atoms with E-state index in [1.807, 2.05) is 48.6 Å². The summed E-state index contributed by atoms with van der Waals surface area (Å²) in [7, 11) is 3.34. The highest BCUT2D eigenvalue weighted by Crippen LogP contribution is 2.35. The van der Waals surface area contributed by atoms with Gasteiger partial charge in [0.2, 0.25) is 0 Å². The summed E-state index contributed by atoms with van der Waals surface area (Å²) in [4.78, 5) is 7.92. The Morgan fingerprint density at radius 2 is 1.89 bits per heavy atom. The van der Waals surface area contributed by atoms with Gasteiger partial charge >= 0.3 is 0 Å². The minimum Gasteiger partial charge on any atom is -0.497 e. The number of methoxy groups -OCH3 is 2. The number of nitrogens with one attached hydrogen (secondary N) is 1. The van der Waals surface area contributed by atoms with E-state index in [1.54, 1.807) is 14.2 Å². The van der Waals surface area contributed by atoms with Gasteiger partial charge in [-0.3, -0.25) is 0 Å². The van der Waals surface area contributed by atoms with E-state index < -0.39 is 0 Å². The number of nitrogens with zero attached hydrogens (tertiary/aromatic N) is 1. The second-order valence-corrected chi connectivity index (χ2v) is 6.74. The van der Waals surface area contributed by atoms with E-state index in [1.165, 1.54) is 12.8 Å². The van der Waals surface area contributed by atoms with Gasteiger partial charge in [-0.1, -0.05) is 12.1 Å². The lowest BCUT2D eigenvalue weighted by atomic mass is 10.1. The summed E-state index contributed by atoms with van der Waals surface area (Å²) in [5.41, 5.74) is 2.84. The molecule has 0 radical (unpaired) electrons. The predicted octanol–water partition coefficient (Wildman–Crippen LogP) is 5.07. The third-order valence-corrected chi connectivity index (χ3v) is 4.94. The number of aromatic nitrogens is 2. The molecule has 0 bridgehead atoms. The molecule has 1 N–H and O–H groups in total. The highest BCUT2D eigenvalue weighted by atomic mass is 16.5. The maximum Gasteiger partial charge on any atom is 0.168 e. The third-order valence-electron chi connectivity index (χ3n) is 4.94. The molecule has 1 aromatic heterocycles. The minimum atomic E-state index is 0.270. The van der Waals surface area contributed by atoms with Crippen LogP contribution in [0.5, 0.6) is 17.2 Å². The lowest BCUT2D eigenvalue weighted by Gasteiger charge is -2.18. The van der Waals surface area contributed by atoms with Crippen LogP contribution < -0.4 is 14.2 Å². The van der Waals surface area contributed by atoms with Crippen molar-refractivity contribution in [2.75, 3.05) is 14.2 Å². The van der Waals surface area contributed by atoms with Crippen LogP contribution in [0.1, 0.15) is 37.1 Å². The van der Waals surface area contributed by atoms with Crippen LogP contribution in [0.3, 0.4) is 0 Å². The molecular weight excluding hydrogens is 340 g/mol. The van der Waals surface area contributed by atoms with Crippen LogP contribution in [0.2, 0.25) is 0 Å². The molecule has 0 amide bonds. The first-order valence-electron chi connectivity index (χ1n) is 9.32. The van der Waals surface area contributed by atoms with Gasteiger partial charge in [0, 0.05) is 11.6 Å². The third kappa shape index (κ3) is 3.77. The van der Waals surface area contributed by atoms with Crippen LogP contribution in [-0.4, -0.2) is 30.3 Å². The van der Waals surface area contributed by atoms with E-state index in [2.05, 4.69) is 9.97 Å². The number of hydrogen-bond acceptors (Lipinski definition) is 4. The van der Waals surface area contributed by atoms with Crippen molar-refractivity contribution in [3.8, 4) is 17.2 Å². The van der Waals surface area contributed by atoms with E-state index in [0.29, 0.717) is 0 Å². The zero-order valence-corrected chi connectivity index (χ0v) is 15.7. The molecule has 3 aromatic rings. The average Bonchev–Trinajstić information content (AvgIpc) is 3.35. The van der Waals surface area contributed by atoms with Crippen molar-refractivity contribution in [1.82, 2.24) is 9.97 Å². The Bertz CT molecular complexity index is 955. The number of rotatable bonds is 6. The van der Waals surface area contributed by atoms with Gasteiger partial charge in [-0.15, -0.1) is 0 Å². The summed E-state index contributed by atoms with van der Waals surface area (Å²) in [5.74, 6) is 3.16. The molecular formula is C22H24N2O3. The van der Waals surface area contributed by atoms with Crippen molar-refractivity contribution in [3.63, 3.8) is 0 Å². The van der Waals surface area contributed by atoms with Crippen LogP contribution in [-0.2, 0) is 0 Å². The standard InChI is InChI=1S/C22H24N2O3/c1-25-17-11-12-18-19(14-17)24-21(23-18)13-10-15-6-5-9-20(26-2)22(15)27-16-7-3-4-8-16/h5-6,9-14,16H,3-4,7-8H2,1-2H3,(H,23,24)/b13-10+. The summed E-state index contributed by atoms with van der Waals surface area (Å²) in [6, 6.07) is 11.8. The van der Waals surface area contributed by atoms with Crippen LogP contribution in [0.25, 0.3) is 23.2 Å². The maximum atomic E-state index is 6.28. The number of H-pyrrole nitrogens is 1. The number of fused-ring (bicyclic) bond motifs is 1. The fourth-order valence-corrected chi connectivity index (χ4v) is 3.51. The Morgan fingerprint density at radius 1 is 1.04 bits per heavy atom. The zero-order chi connectivity index (χ0) is 18.6. The summed E-state index contributed by atoms with van der Waals surface area (Å²) in [6.45, 7) is 0. The Balaban J connectivity index is 1.63. The number of ether oxygens (including phenoxy) is 3. The fourth-order valence-electron chi connectivity index (χ4n) is 3.51. The van der Waals surface area contributed by atoms with Gasteiger partial charge in [-0.25, -0.2) is 4.98 Å². The molecule has 27 heavy (non-hydrogen) atoms. The minimum absolute atomic E-state index is 0.270.